The largest absolute Gasteiger partial charge is 0.496 e. The number of benzene rings is 1. The van der Waals surface area contributed by atoms with E-state index < -0.39 is 0 Å². The van der Waals surface area contributed by atoms with Crippen molar-refractivity contribution >= 4 is 15.9 Å². The quantitative estimate of drug-likeness (QED) is 0.783. The molecule has 0 radical (unpaired) electrons. The van der Waals surface area contributed by atoms with Crippen LogP contribution in [0.2, 0.25) is 0 Å². The van der Waals surface area contributed by atoms with Crippen LogP contribution >= 0.6 is 15.9 Å². The maximum Gasteiger partial charge on any atom is 0.123 e. The SMILES string of the molecule is COc1ccc(Br)cc1CNCCC1CNCCO1. The number of halogens is 1. The first-order valence-electron chi connectivity index (χ1n) is 6.65. The minimum atomic E-state index is 0.339. The van der Waals surface area contributed by atoms with Crippen LogP contribution in [0.3, 0.4) is 0 Å². The van der Waals surface area contributed by atoms with Crippen LogP contribution in [0.15, 0.2) is 22.7 Å². The second kappa shape index (κ2) is 7.85. The highest BCUT2D eigenvalue weighted by molar-refractivity contribution is 9.10. The van der Waals surface area contributed by atoms with Crippen LogP contribution in [-0.2, 0) is 11.3 Å². The summed E-state index contributed by atoms with van der Waals surface area (Å²) in [6.45, 7) is 4.51. The third-order valence-electron chi connectivity index (χ3n) is 3.21. The van der Waals surface area contributed by atoms with E-state index in [9.17, 15) is 0 Å². The Bertz CT molecular complexity index is 395. The van der Waals surface area contributed by atoms with Gasteiger partial charge in [-0.2, -0.15) is 0 Å². The van der Waals surface area contributed by atoms with Crippen molar-refractivity contribution in [2.75, 3.05) is 33.4 Å². The summed E-state index contributed by atoms with van der Waals surface area (Å²) in [5.74, 6) is 0.922. The van der Waals surface area contributed by atoms with Gasteiger partial charge in [0.05, 0.1) is 19.8 Å². The van der Waals surface area contributed by atoms with E-state index in [0.717, 1.165) is 49.4 Å². The van der Waals surface area contributed by atoms with E-state index in [1.807, 2.05) is 12.1 Å². The molecular weight excluding hydrogens is 308 g/mol. The summed E-state index contributed by atoms with van der Waals surface area (Å²) in [5.41, 5.74) is 1.17. The number of rotatable bonds is 6. The van der Waals surface area contributed by atoms with Gasteiger partial charge in [0.15, 0.2) is 0 Å². The molecule has 4 nitrogen and oxygen atoms in total. The van der Waals surface area contributed by atoms with Crippen molar-refractivity contribution in [3.63, 3.8) is 0 Å². The predicted octanol–water partition coefficient (Wildman–Crippen LogP) is 1.93. The molecule has 0 aromatic heterocycles. The summed E-state index contributed by atoms with van der Waals surface area (Å²) in [7, 11) is 1.70. The topological polar surface area (TPSA) is 42.5 Å². The molecular formula is C14H21BrN2O2. The van der Waals surface area contributed by atoms with Gasteiger partial charge >= 0.3 is 0 Å². The van der Waals surface area contributed by atoms with E-state index in [0.29, 0.717) is 6.10 Å². The van der Waals surface area contributed by atoms with E-state index in [4.69, 9.17) is 9.47 Å². The average Bonchev–Trinajstić information content (AvgIpc) is 2.45. The summed E-state index contributed by atoms with van der Waals surface area (Å²) < 4.78 is 12.1. The van der Waals surface area contributed by atoms with Crippen molar-refractivity contribution in [3.8, 4) is 5.75 Å². The van der Waals surface area contributed by atoms with Crippen LogP contribution in [-0.4, -0.2) is 39.5 Å². The summed E-state index contributed by atoms with van der Waals surface area (Å²) in [6, 6.07) is 6.06. The van der Waals surface area contributed by atoms with Crippen molar-refractivity contribution in [1.29, 1.82) is 0 Å². The fourth-order valence-corrected chi connectivity index (χ4v) is 2.59. The van der Waals surface area contributed by atoms with Gasteiger partial charge < -0.3 is 20.1 Å². The van der Waals surface area contributed by atoms with Crippen LogP contribution in [0, 0.1) is 0 Å². The Kier molecular flexibility index (Phi) is 6.10. The van der Waals surface area contributed by atoms with E-state index in [2.05, 4.69) is 32.6 Å². The molecule has 0 saturated carbocycles. The summed E-state index contributed by atoms with van der Waals surface area (Å²) >= 11 is 3.49. The maximum absolute atomic E-state index is 5.66. The normalized spacial score (nSPS) is 19.4. The molecule has 1 fully saturated rings. The summed E-state index contributed by atoms with van der Waals surface area (Å²) in [5, 5.41) is 6.78. The number of ether oxygens (including phenoxy) is 2. The Labute approximate surface area is 123 Å². The van der Waals surface area contributed by atoms with Crippen LogP contribution in [0.1, 0.15) is 12.0 Å². The number of nitrogens with one attached hydrogen (secondary N) is 2. The smallest absolute Gasteiger partial charge is 0.123 e. The van der Waals surface area contributed by atoms with Gasteiger partial charge in [0.2, 0.25) is 0 Å². The van der Waals surface area contributed by atoms with Gasteiger partial charge in [-0.05, 0) is 31.2 Å². The molecule has 19 heavy (non-hydrogen) atoms. The Morgan fingerprint density at radius 3 is 3.16 bits per heavy atom. The molecule has 1 aliphatic rings. The Morgan fingerprint density at radius 1 is 1.53 bits per heavy atom. The van der Waals surface area contributed by atoms with Crippen molar-refractivity contribution < 1.29 is 9.47 Å². The molecule has 0 amide bonds. The summed E-state index contributed by atoms with van der Waals surface area (Å²) in [4.78, 5) is 0. The first-order chi connectivity index (χ1) is 9.29. The van der Waals surface area contributed by atoms with Crippen molar-refractivity contribution in [2.45, 2.75) is 19.1 Å². The third-order valence-corrected chi connectivity index (χ3v) is 3.70. The van der Waals surface area contributed by atoms with Crippen molar-refractivity contribution in [2.24, 2.45) is 0 Å². The first kappa shape index (κ1) is 14.8. The number of hydrogen-bond donors (Lipinski definition) is 2. The monoisotopic (exact) mass is 328 g/mol. The van der Waals surface area contributed by atoms with E-state index in [-0.39, 0.29) is 0 Å². The van der Waals surface area contributed by atoms with E-state index in [1.54, 1.807) is 7.11 Å². The Balaban J connectivity index is 1.74. The average molecular weight is 329 g/mol. The lowest BCUT2D eigenvalue weighted by Crippen LogP contribution is -2.39. The lowest BCUT2D eigenvalue weighted by molar-refractivity contribution is 0.0238. The molecule has 1 atom stereocenters. The van der Waals surface area contributed by atoms with Gasteiger partial charge in [0.1, 0.15) is 5.75 Å². The second-order valence-corrected chi connectivity index (χ2v) is 5.53. The first-order valence-corrected chi connectivity index (χ1v) is 7.44. The molecule has 106 valence electrons. The van der Waals surface area contributed by atoms with Gasteiger partial charge in [-0.25, -0.2) is 0 Å². The van der Waals surface area contributed by atoms with Gasteiger partial charge in [-0.1, -0.05) is 15.9 Å². The molecule has 5 heteroatoms. The van der Waals surface area contributed by atoms with Crippen molar-refractivity contribution in [3.05, 3.63) is 28.2 Å². The molecule has 1 unspecified atom stereocenters. The molecule has 1 heterocycles. The van der Waals surface area contributed by atoms with Gasteiger partial charge in [0.25, 0.3) is 0 Å². The molecule has 1 aromatic carbocycles. The molecule has 2 rings (SSSR count). The van der Waals surface area contributed by atoms with Gasteiger partial charge in [-0.15, -0.1) is 0 Å². The summed E-state index contributed by atoms with van der Waals surface area (Å²) in [6.07, 6.45) is 1.37. The van der Waals surface area contributed by atoms with E-state index >= 15 is 0 Å². The number of methoxy groups -OCH3 is 1. The van der Waals surface area contributed by atoms with Crippen molar-refractivity contribution in [1.82, 2.24) is 10.6 Å². The Hall–Kier alpha value is -0.620. The highest BCUT2D eigenvalue weighted by Gasteiger charge is 2.12. The van der Waals surface area contributed by atoms with Crippen LogP contribution < -0.4 is 15.4 Å². The van der Waals surface area contributed by atoms with Crippen LogP contribution in [0.5, 0.6) is 5.75 Å². The molecule has 1 saturated heterocycles. The highest BCUT2D eigenvalue weighted by atomic mass is 79.9. The molecule has 0 spiro atoms. The molecule has 0 bridgehead atoms. The highest BCUT2D eigenvalue weighted by Crippen LogP contribution is 2.22. The van der Waals surface area contributed by atoms with Crippen LogP contribution in [0.4, 0.5) is 0 Å². The van der Waals surface area contributed by atoms with Gasteiger partial charge in [-0.3, -0.25) is 0 Å². The van der Waals surface area contributed by atoms with Gasteiger partial charge in [0, 0.05) is 29.7 Å². The predicted molar refractivity (Wildman–Crippen MR) is 79.6 cm³/mol. The van der Waals surface area contributed by atoms with E-state index in [1.165, 1.54) is 5.56 Å². The molecule has 1 aliphatic heterocycles. The fourth-order valence-electron chi connectivity index (χ4n) is 2.18. The zero-order valence-corrected chi connectivity index (χ0v) is 12.8. The third kappa shape index (κ3) is 4.76. The second-order valence-electron chi connectivity index (χ2n) is 4.62. The molecule has 1 aromatic rings. The van der Waals surface area contributed by atoms with Crippen LogP contribution in [0.25, 0.3) is 0 Å². The number of morpholine rings is 1. The standard InChI is InChI=1S/C14H21BrN2O2/c1-18-14-3-2-12(15)8-11(14)9-16-5-4-13-10-17-6-7-19-13/h2-3,8,13,16-17H,4-7,9-10H2,1H3. The minimum Gasteiger partial charge on any atom is -0.496 e. The number of hydrogen-bond acceptors (Lipinski definition) is 4. The molecule has 2 N–H and O–H groups in total. The molecule has 0 aliphatic carbocycles. The Morgan fingerprint density at radius 2 is 2.42 bits per heavy atom. The zero-order chi connectivity index (χ0) is 13.5. The lowest BCUT2D eigenvalue weighted by atomic mass is 10.2. The maximum atomic E-state index is 5.66. The zero-order valence-electron chi connectivity index (χ0n) is 11.2. The fraction of sp³-hybridized carbons (Fsp3) is 0.571. The minimum absolute atomic E-state index is 0.339. The lowest BCUT2D eigenvalue weighted by Gasteiger charge is -2.23.